The van der Waals surface area contributed by atoms with Gasteiger partial charge in [-0.3, -0.25) is 9.89 Å². The van der Waals surface area contributed by atoms with Crippen LogP contribution >= 0.6 is 0 Å². The molecule has 1 saturated heterocycles. The Labute approximate surface area is 170 Å². The number of hydrogen-bond acceptors (Lipinski definition) is 5. The molecule has 2 aromatic rings. The molecule has 4 rings (SSSR count). The van der Waals surface area contributed by atoms with Gasteiger partial charge in [-0.2, -0.15) is 5.10 Å². The molecule has 8 nitrogen and oxygen atoms in total. The minimum Gasteiger partial charge on any atom is -0.444 e. The van der Waals surface area contributed by atoms with Crippen LogP contribution in [0, 0.1) is 0 Å². The van der Waals surface area contributed by atoms with Crippen molar-refractivity contribution in [2.75, 3.05) is 13.1 Å². The highest BCUT2D eigenvalue weighted by Gasteiger charge is 2.35. The van der Waals surface area contributed by atoms with Crippen molar-refractivity contribution in [2.45, 2.75) is 64.3 Å². The zero-order valence-electron chi connectivity index (χ0n) is 17.3. The molecule has 0 saturated carbocycles. The highest BCUT2D eigenvalue weighted by Crippen LogP contribution is 2.29. The molecule has 1 unspecified atom stereocenters. The summed E-state index contributed by atoms with van der Waals surface area (Å²) < 4.78 is 5.48. The molecule has 1 fully saturated rings. The number of nitrogens with one attached hydrogen (secondary N) is 1. The van der Waals surface area contributed by atoms with Crippen LogP contribution in [0.5, 0.6) is 0 Å². The normalized spacial score (nSPS) is 21.2. The lowest BCUT2D eigenvalue weighted by atomic mass is 9.99. The number of H-pyrrole nitrogens is 1. The third-order valence-electron chi connectivity index (χ3n) is 5.76. The number of piperidine rings is 1. The Kier molecular flexibility index (Phi) is 4.98. The van der Waals surface area contributed by atoms with E-state index in [-0.39, 0.29) is 18.0 Å². The molecule has 0 aliphatic carbocycles. The number of likely N-dealkylation sites (tertiary alicyclic amines) is 1. The number of nitrogens with zero attached hydrogens (tertiary/aromatic N) is 3. The first-order valence-corrected chi connectivity index (χ1v) is 10.2. The Morgan fingerprint density at radius 2 is 2.00 bits per heavy atom. The number of rotatable bonds is 1. The number of fused-ring (bicyclic) bond motifs is 3. The maximum absolute atomic E-state index is 13.1. The van der Waals surface area contributed by atoms with Crippen molar-refractivity contribution < 1.29 is 14.3 Å². The van der Waals surface area contributed by atoms with Gasteiger partial charge in [0, 0.05) is 31.1 Å². The van der Waals surface area contributed by atoms with Gasteiger partial charge in [-0.25, -0.2) is 4.79 Å². The largest absolute Gasteiger partial charge is 0.444 e. The van der Waals surface area contributed by atoms with Crippen molar-refractivity contribution in [2.24, 2.45) is 5.73 Å². The topological polar surface area (TPSA) is 105 Å². The standard InChI is InChI=1S/C21H29N5O3/c1-21(2,3)29-20(28)25-8-6-14(7-9-25)26-12-16-13(10-17(22)19(26)27)4-5-18-15(16)11-23-24-18/h4-5,11,14,17H,6-10,12,22H2,1-3H3,(H,23,24). The van der Waals surface area contributed by atoms with Crippen molar-refractivity contribution in [3.63, 3.8) is 0 Å². The first kappa shape index (κ1) is 19.7. The van der Waals surface area contributed by atoms with Crippen LogP contribution in [-0.4, -0.2) is 62.8 Å². The van der Waals surface area contributed by atoms with E-state index < -0.39 is 11.6 Å². The zero-order valence-corrected chi connectivity index (χ0v) is 17.3. The first-order chi connectivity index (χ1) is 13.7. The van der Waals surface area contributed by atoms with Gasteiger partial charge in [0.05, 0.1) is 17.8 Å². The van der Waals surface area contributed by atoms with E-state index >= 15 is 0 Å². The highest BCUT2D eigenvalue weighted by molar-refractivity contribution is 5.87. The molecule has 0 spiro atoms. The summed E-state index contributed by atoms with van der Waals surface area (Å²) in [5, 5.41) is 8.20. The lowest BCUT2D eigenvalue weighted by Gasteiger charge is -2.39. The second-order valence-electron chi connectivity index (χ2n) is 9.01. The number of benzene rings is 1. The lowest BCUT2D eigenvalue weighted by molar-refractivity contribution is -0.136. The van der Waals surface area contributed by atoms with Gasteiger partial charge in [-0.15, -0.1) is 0 Å². The van der Waals surface area contributed by atoms with Gasteiger partial charge >= 0.3 is 6.09 Å². The van der Waals surface area contributed by atoms with Gasteiger partial charge in [0.25, 0.3) is 0 Å². The van der Waals surface area contributed by atoms with Crippen molar-refractivity contribution in [1.29, 1.82) is 0 Å². The summed E-state index contributed by atoms with van der Waals surface area (Å²) in [5.41, 5.74) is 8.93. The number of carbonyl (C=O) groups is 2. The van der Waals surface area contributed by atoms with Gasteiger partial charge in [0.2, 0.25) is 5.91 Å². The van der Waals surface area contributed by atoms with Crippen LogP contribution in [-0.2, 0) is 22.5 Å². The maximum atomic E-state index is 13.1. The molecule has 0 radical (unpaired) electrons. The molecule has 1 aromatic heterocycles. The van der Waals surface area contributed by atoms with Crippen LogP contribution in [0.25, 0.3) is 10.9 Å². The Hall–Kier alpha value is -2.61. The molecule has 2 aliphatic rings. The van der Waals surface area contributed by atoms with Gasteiger partial charge in [0.15, 0.2) is 0 Å². The molecular formula is C21H29N5O3. The Bertz CT molecular complexity index is 924. The number of nitrogens with two attached hydrogens (primary N) is 1. The summed E-state index contributed by atoms with van der Waals surface area (Å²) in [6.45, 7) is 7.26. The van der Waals surface area contributed by atoms with E-state index in [1.807, 2.05) is 44.0 Å². The van der Waals surface area contributed by atoms with E-state index in [0.717, 1.165) is 22.0 Å². The van der Waals surface area contributed by atoms with Crippen LogP contribution < -0.4 is 5.73 Å². The maximum Gasteiger partial charge on any atom is 0.410 e. The smallest absolute Gasteiger partial charge is 0.410 e. The van der Waals surface area contributed by atoms with Gasteiger partial charge in [-0.1, -0.05) is 6.07 Å². The fourth-order valence-corrected chi connectivity index (χ4v) is 4.28. The zero-order chi connectivity index (χ0) is 20.8. The lowest BCUT2D eigenvalue weighted by Crippen LogP contribution is -2.52. The SMILES string of the molecule is CC(C)(C)OC(=O)N1CCC(N2Cc3c(ccc4[nH]ncc34)CC(N)C2=O)CC1. The molecule has 2 amide bonds. The van der Waals surface area contributed by atoms with Gasteiger partial charge < -0.3 is 20.3 Å². The average molecular weight is 399 g/mol. The van der Waals surface area contributed by atoms with E-state index in [1.54, 1.807) is 4.90 Å². The summed E-state index contributed by atoms with van der Waals surface area (Å²) in [7, 11) is 0. The molecular weight excluding hydrogens is 370 g/mol. The molecule has 156 valence electrons. The molecule has 3 heterocycles. The molecule has 29 heavy (non-hydrogen) atoms. The van der Waals surface area contributed by atoms with Crippen LogP contribution in [0.3, 0.4) is 0 Å². The predicted octanol–water partition coefficient (Wildman–Crippen LogP) is 2.17. The second-order valence-corrected chi connectivity index (χ2v) is 9.01. The van der Waals surface area contributed by atoms with Crippen molar-refractivity contribution in [3.8, 4) is 0 Å². The summed E-state index contributed by atoms with van der Waals surface area (Å²) in [6.07, 6.45) is 3.49. The second kappa shape index (κ2) is 7.33. The van der Waals surface area contributed by atoms with E-state index in [9.17, 15) is 9.59 Å². The highest BCUT2D eigenvalue weighted by atomic mass is 16.6. The van der Waals surface area contributed by atoms with Gasteiger partial charge in [0.1, 0.15) is 5.60 Å². The van der Waals surface area contributed by atoms with Crippen molar-refractivity contribution in [3.05, 3.63) is 29.5 Å². The quantitative estimate of drug-likeness (QED) is 0.765. The molecule has 1 atom stereocenters. The number of amides is 2. The Morgan fingerprint density at radius 3 is 2.69 bits per heavy atom. The average Bonchev–Trinajstić information content (AvgIpc) is 3.09. The molecule has 1 aromatic carbocycles. The predicted molar refractivity (Wildman–Crippen MR) is 109 cm³/mol. The van der Waals surface area contributed by atoms with E-state index in [0.29, 0.717) is 38.9 Å². The third-order valence-corrected chi connectivity index (χ3v) is 5.76. The first-order valence-electron chi connectivity index (χ1n) is 10.2. The van der Waals surface area contributed by atoms with Crippen LogP contribution in [0.1, 0.15) is 44.7 Å². The molecule has 0 bridgehead atoms. The summed E-state index contributed by atoms with van der Waals surface area (Å²) >= 11 is 0. The van der Waals surface area contributed by atoms with Crippen molar-refractivity contribution >= 4 is 22.9 Å². The third kappa shape index (κ3) is 3.94. The number of hydrogen-bond donors (Lipinski definition) is 2. The summed E-state index contributed by atoms with van der Waals surface area (Å²) in [6, 6.07) is 3.54. The minimum absolute atomic E-state index is 0.0198. The summed E-state index contributed by atoms with van der Waals surface area (Å²) in [5.74, 6) is -0.0198. The number of ether oxygens (including phenoxy) is 1. The Morgan fingerprint density at radius 1 is 1.28 bits per heavy atom. The fraction of sp³-hybridized carbons (Fsp3) is 0.571. The van der Waals surface area contributed by atoms with Crippen LogP contribution in [0.2, 0.25) is 0 Å². The van der Waals surface area contributed by atoms with Gasteiger partial charge in [-0.05, 0) is 57.2 Å². The Balaban J connectivity index is 1.52. The molecule has 8 heteroatoms. The van der Waals surface area contributed by atoms with Crippen LogP contribution in [0.15, 0.2) is 18.3 Å². The van der Waals surface area contributed by atoms with E-state index in [1.165, 1.54) is 0 Å². The van der Waals surface area contributed by atoms with Crippen molar-refractivity contribution in [1.82, 2.24) is 20.0 Å². The van der Waals surface area contributed by atoms with Crippen LogP contribution in [0.4, 0.5) is 4.79 Å². The fourth-order valence-electron chi connectivity index (χ4n) is 4.28. The number of aromatic nitrogens is 2. The minimum atomic E-state index is -0.551. The summed E-state index contributed by atoms with van der Waals surface area (Å²) in [4.78, 5) is 29.0. The number of carbonyl (C=O) groups excluding carboxylic acids is 2. The molecule has 2 aliphatic heterocycles. The number of aromatic amines is 1. The molecule has 3 N–H and O–H groups in total. The monoisotopic (exact) mass is 399 g/mol. The van der Waals surface area contributed by atoms with E-state index in [4.69, 9.17) is 10.5 Å². The van der Waals surface area contributed by atoms with E-state index in [2.05, 4.69) is 10.2 Å².